The lowest BCUT2D eigenvalue weighted by Crippen LogP contribution is -2.05. The van der Waals surface area contributed by atoms with Crippen molar-refractivity contribution in [2.45, 2.75) is 39.5 Å². The van der Waals surface area contributed by atoms with Crippen LogP contribution >= 0.6 is 0 Å². The zero-order chi connectivity index (χ0) is 10.1. The maximum absolute atomic E-state index is 11.4. The van der Waals surface area contributed by atoms with E-state index in [1.165, 1.54) is 0 Å². The van der Waals surface area contributed by atoms with Gasteiger partial charge in [-0.1, -0.05) is 20.3 Å². The molecule has 0 rings (SSSR count). The third-order valence-corrected chi connectivity index (χ3v) is 3.39. The van der Waals surface area contributed by atoms with Crippen molar-refractivity contribution in [3.05, 3.63) is 0 Å². The summed E-state index contributed by atoms with van der Waals surface area (Å²) in [5.74, 6) is 2.31. The summed E-state index contributed by atoms with van der Waals surface area (Å²) in [4.78, 5) is 0. The van der Waals surface area contributed by atoms with Crippen LogP contribution in [0.5, 0.6) is 0 Å². The average Bonchev–Trinajstić information content (AvgIpc) is 2.09. The van der Waals surface area contributed by atoms with Crippen LogP contribution in [0.25, 0.3) is 0 Å². The molecular weight excluding hydrogens is 184 g/mol. The van der Waals surface area contributed by atoms with Gasteiger partial charge >= 0.3 is 0 Å². The first kappa shape index (κ1) is 13.1. The molecule has 0 heterocycles. The van der Waals surface area contributed by atoms with Gasteiger partial charge in [0.05, 0.1) is 0 Å². The van der Waals surface area contributed by atoms with Gasteiger partial charge in [-0.15, -0.1) is 0 Å². The minimum Gasteiger partial charge on any atom is -0.396 e. The van der Waals surface area contributed by atoms with E-state index in [4.69, 9.17) is 5.11 Å². The highest BCUT2D eigenvalue weighted by Gasteiger charge is 2.01. The van der Waals surface area contributed by atoms with Crippen molar-refractivity contribution in [2.75, 3.05) is 18.1 Å². The third kappa shape index (κ3) is 10.0. The first-order valence-electron chi connectivity index (χ1n) is 5.12. The molecule has 3 heteroatoms. The zero-order valence-corrected chi connectivity index (χ0v) is 9.61. The van der Waals surface area contributed by atoms with Crippen molar-refractivity contribution in [2.24, 2.45) is 5.92 Å². The molecule has 1 atom stereocenters. The van der Waals surface area contributed by atoms with Gasteiger partial charge in [-0.05, 0) is 25.2 Å². The maximum atomic E-state index is 11.4. The average molecular weight is 206 g/mol. The number of aliphatic hydroxyl groups is 1. The van der Waals surface area contributed by atoms with Crippen LogP contribution in [0.3, 0.4) is 0 Å². The van der Waals surface area contributed by atoms with Crippen LogP contribution in [0.2, 0.25) is 0 Å². The van der Waals surface area contributed by atoms with E-state index < -0.39 is 10.8 Å². The fraction of sp³-hybridized carbons (Fsp3) is 1.00. The van der Waals surface area contributed by atoms with E-state index >= 15 is 0 Å². The molecule has 0 aromatic heterocycles. The Morgan fingerprint density at radius 2 is 1.85 bits per heavy atom. The minimum atomic E-state index is -0.626. The number of rotatable bonds is 8. The van der Waals surface area contributed by atoms with E-state index in [1.807, 2.05) is 0 Å². The Labute approximate surface area is 84.2 Å². The second kappa shape index (κ2) is 8.70. The van der Waals surface area contributed by atoms with Crippen LogP contribution in [-0.2, 0) is 10.8 Å². The van der Waals surface area contributed by atoms with E-state index in [0.29, 0.717) is 5.92 Å². The highest BCUT2D eigenvalue weighted by molar-refractivity contribution is 7.84. The van der Waals surface area contributed by atoms with Gasteiger partial charge < -0.3 is 5.11 Å². The van der Waals surface area contributed by atoms with Gasteiger partial charge in [0.15, 0.2) is 0 Å². The summed E-state index contributed by atoms with van der Waals surface area (Å²) < 4.78 is 11.4. The third-order valence-electron chi connectivity index (χ3n) is 1.95. The van der Waals surface area contributed by atoms with Gasteiger partial charge in [0.1, 0.15) is 0 Å². The van der Waals surface area contributed by atoms with Crippen molar-refractivity contribution >= 4 is 10.8 Å². The van der Waals surface area contributed by atoms with Gasteiger partial charge in [0.25, 0.3) is 0 Å². The Kier molecular flexibility index (Phi) is 8.77. The van der Waals surface area contributed by atoms with Crippen LogP contribution in [0, 0.1) is 5.92 Å². The predicted octanol–water partition coefficient (Wildman–Crippen LogP) is 1.94. The topological polar surface area (TPSA) is 37.3 Å². The highest BCUT2D eigenvalue weighted by atomic mass is 32.2. The molecule has 1 N–H and O–H groups in total. The van der Waals surface area contributed by atoms with Crippen molar-refractivity contribution in [3.63, 3.8) is 0 Å². The smallest absolute Gasteiger partial charge is 0.0431 e. The van der Waals surface area contributed by atoms with Crippen LogP contribution in [0.4, 0.5) is 0 Å². The number of aliphatic hydroxyl groups excluding tert-OH is 1. The van der Waals surface area contributed by atoms with E-state index in [1.54, 1.807) is 0 Å². The first-order valence-corrected chi connectivity index (χ1v) is 6.61. The molecule has 0 aliphatic rings. The normalized spacial score (nSPS) is 13.5. The quantitative estimate of drug-likeness (QED) is 0.616. The molecular formula is C10H22O2S. The molecule has 0 bridgehead atoms. The first-order chi connectivity index (χ1) is 6.16. The summed E-state index contributed by atoms with van der Waals surface area (Å²) in [5.41, 5.74) is 0. The van der Waals surface area contributed by atoms with Gasteiger partial charge in [-0.2, -0.15) is 0 Å². The predicted molar refractivity (Wildman–Crippen MR) is 58.3 cm³/mol. The summed E-state index contributed by atoms with van der Waals surface area (Å²) in [6.45, 7) is 4.57. The van der Waals surface area contributed by atoms with E-state index in [-0.39, 0.29) is 6.61 Å². The number of hydrogen-bond acceptors (Lipinski definition) is 2. The van der Waals surface area contributed by atoms with Gasteiger partial charge in [-0.25, -0.2) is 0 Å². The Bertz CT molecular complexity index is 135. The molecule has 80 valence electrons. The SMILES string of the molecule is CC(C)CCS(=O)CCCCCO. The molecule has 2 nitrogen and oxygen atoms in total. The van der Waals surface area contributed by atoms with Crippen molar-refractivity contribution in [1.82, 2.24) is 0 Å². The largest absolute Gasteiger partial charge is 0.396 e. The molecule has 1 unspecified atom stereocenters. The summed E-state index contributed by atoms with van der Waals surface area (Å²) in [7, 11) is -0.626. The highest BCUT2D eigenvalue weighted by Crippen LogP contribution is 2.03. The van der Waals surface area contributed by atoms with E-state index in [2.05, 4.69) is 13.8 Å². The molecule has 0 radical (unpaired) electrons. The Hall–Kier alpha value is 0.110. The summed E-state index contributed by atoms with van der Waals surface area (Å²) in [6.07, 6.45) is 3.91. The summed E-state index contributed by atoms with van der Waals surface area (Å²) >= 11 is 0. The van der Waals surface area contributed by atoms with Crippen LogP contribution < -0.4 is 0 Å². The molecule has 0 aliphatic heterocycles. The molecule has 13 heavy (non-hydrogen) atoms. The molecule has 0 fully saturated rings. The standard InChI is InChI=1S/C10H22O2S/c1-10(2)6-9-13(12)8-5-3-4-7-11/h10-11H,3-9H2,1-2H3. The summed E-state index contributed by atoms with van der Waals surface area (Å²) in [5, 5.41) is 8.53. The second-order valence-corrected chi connectivity index (χ2v) is 5.51. The molecule has 0 aromatic rings. The van der Waals surface area contributed by atoms with Crippen LogP contribution in [0.15, 0.2) is 0 Å². The van der Waals surface area contributed by atoms with Gasteiger partial charge in [0, 0.05) is 28.9 Å². The second-order valence-electron chi connectivity index (χ2n) is 3.81. The molecule has 0 amide bonds. The number of hydrogen-bond donors (Lipinski definition) is 1. The Morgan fingerprint density at radius 3 is 2.38 bits per heavy atom. The lowest BCUT2D eigenvalue weighted by Gasteiger charge is -2.04. The van der Waals surface area contributed by atoms with Gasteiger partial charge in [0.2, 0.25) is 0 Å². The lowest BCUT2D eigenvalue weighted by atomic mass is 10.2. The monoisotopic (exact) mass is 206 g/mol. The Balaban J connectivity index is 3.20. The van der Waals surface area contributed by atoms with Crippen molar-refractivity contribution in [3.8, 4) is 0 Å². The molecule has 0 aliphatic carbocycles. The fourth-order valence-corrected chi connectivity index (χ4v) is 2.49. The van der Waals surface area contributed by atoms with Crippen molar-refractivity contribution in [1.29, 1.82) is 0 Å². The summed E-state index contributed by atoms with van der Waals surface area (Å²) in [6, 6.07) is 0. The van der Waals surface area contributed by atoms with Crippen molar-refractivity contribution < 1.29 is 9.32 Å². The van der Waals surface area contributed by atoms with Crippen LogP contribution in [0.1, 0.15) is 39.5 Å². The fourth-order valence-electron chi connectivity index (χ4n) is 1.02. The van der Waals surface area contributed by atoms with Gasteiger partial charge in [-0.3, -0.25) is 4.21 Å². The Morgan fingerprint density at radius 1 is 1.15 bits per heavy atom. The van der Waals surface area contributed by atoms with E-state index in [0.717, 1.165) is 37.2 Å². The molecule has 0 saturated heterocycles. The molecule has 0 aromatic carbocycles. The minimum absolute atomic E-state index is 0.263. The molecule has 0 spiro atoms. The van der Waals surface area contributed by atoms with Crippen LogP contribution in [-0.4, -0.2) is 27.4 Å². The van der Waals surface area contributed by atoms with E-state index in [9.17, 15) is 4.21 Å². The number of unbranched alkanes of at least 4 members (excludes halogenated alkanes) is 2. The lowest BCUT2D eigenvalue weighted by molar-refractivity contribution is 0.284. The zero-order valence-electron chi connectivity index (χ0n) is 8.79. The molecule has 0 saturated carbocycles. The maximum Gasteiger partial charge on any atom is 0.0431 e.